The van der Waals surface area contributed by atoms with Gasteiger partial charge in [0, 0.05) is 50.9 Å². The lowest BCUT2D eigenvalue weighted by Gasteiger charge is -2.33. The molecule has 0 N–H and O–H groups in total. The van der Waals surface area contributed by atoms with Gasteiger partial charge in [0.2, 0.25) is 0 Å². The average Bonchev–Trinajstić information content (AvgIpc) is 3.93. The van der Waals surface area contributed by atoms with Crippen LogP contribution in [0.25, 0.3) is 45.4 Å². The molecule has 0 radical (unpaired) electrons. The van der Waals surface area contributed by atoms with Crippen LogP contribution in [0.5, 0.6) is 0 Å². The lowest BCUT2D eigenvalue weighted by Crippen LogP contribution is -2.26. The van der Waals surface area contributed by atoms with Crippen molar-refractivity contribution in [2.75, 3.05) is 0 Å². The van der Waals surface area contributed by atoms with Crippen molar-refractivity contribution in [3.63, 3.8) is 0 Å². The standard InChI is InChI=1S/C45H48N8/c1-9-45(10-2,33-21-25-35(26-22-33)50-39-29-37(43(3,4)5)46-52(39)48-41(50)31-17-13-11-14-18-31)34-23-27-36(28-24-34)51-40-30-38(44(6,7)8)47-53(40)49-42(51)32-19-15-12-16-20-32/h11-30H,9-10H2,1-8H3. The molecule has 0 unspecified atom stereocenters. The quantitative estimate of drug-likeness (QED) is 0.158. The average molecular weight is 701 g/mol. The Bertz CT molecular complexity index is 2340. The zero-order chi connectivity index (χ0) is 37.1. The maximum absolute atomic E-state index is 4.99. The molecule has 8 rings (SSSR count). The Morgan fingerprint density at radius 1 is 0.453 bits per heavy atom. The summed E-state index contributed by atoms with van der Waals surface area (Å²) in [5.41, 5.74) is 10.4. The molecule has 0 saturated carbocycles. The molecule has 0 bridgehead atoms. The summed E-state index contributed by atoms with van der Waals surface area (Å²) in [5.74, 6) is 1.73. The highest BCUT2D eigenvalue weighted by Gasteiger charge is 2.32. The first-order valence-corrected chi connectivity index (χ1v) is 18.7. The van der Waals surface area contributed by atoms with E-state index >= 15 is 0 Å². The lowest BCUT2D eigenvalue weighted by molar-refractivity contribution is 0.478. The van der Waals surface area contributed by atoms with Crippen molar-refractivity contribution in [2.24, 2.45) is 0 Å². The van der Waals surface area contributed by atoms with Crippen LogP contribution in [0.15, 0.2) is 121 Å². The van der Waals surface area contributed by atoms with Gasteiger partial charge in [-0.05, 0) is 48.2 Å². The van der Waals surface area contributed by atoms with Gasteiger partial charge in [-0.25, -0.2) is 0 Å². The number of aromatic nitrogens is 8. The van der Waals surface area contributed by atoms with E-state index in [2.05, 4.69) is 174 Å². The molecule has 4 heterocycles. The summed E-state index contributed by atoms with van der Waals surface area (Å²) in [6.07, 6.45) is 1.93. The number of hydrogen-bond donors (Lipinski definition) is 0. The third kappa shape index (κ3) is 5.86. The minimum Gasteiger partial charge on any atom is -0.275 e. The first-order chi connectivity index (χ1) is 25.4. The molecular formula is C45H48N8. The third-order valence-electron chi connectivity index (χ3n) is 10.8. The van der Waals surface area contributed by atoms with Crippen LogP contribution in [0.2, 0.25) is 0 Å². The summed E-state index contributed by atoms with van der Waals surface area (Å²) < 4.78 is 8.03. The Labute approximate surface area is 311 Å². The Morgan fingerprint density at radius 3 is 1.13 bits per heavy atom. The van der Waals surface area contributed by atoms with Gasteiger partial charge in [-0.3, -0.25) is 9.13 Å². The van der Waals surface area contributed by atoms with Crippen molar-refractivity contribution in [3.8, 4) is 34.2 Å². The molecule has 0 saturated heterocycles. The van der Waals surface area contributed by atoms with E-state index < -0.39 is 0 Å². The molecule has 268 valence electrons. The minimum atomic E-state index is -0.165. The number of hydrogen-bond acceptors (Lipinski definition) is 4. The van der Waals surface area contributed by atoms with Gasteiger partial charge >= 0.3 is 0 Å². The van der Waals surface area contributed by atoms with Crippen molar-refractivity contribution in [2.45, 2.75) is 84.5 Å². The Kier molecular flexibility index (Phi) is 8.24. The second-order valence-corrected chi connectivity index (χ2v) is 16.2. The SMILES string of the molecule is CCC(CC)(c1ccc(-n2c(-c3ccccc3)nn3nc(C(C)(C)C)cc23)cc1)c1ccc(-n2c(-c3ccccc3)nn3nc(C(C)(C)C)cc23)cc1. The molecule has 8 nitrogen and oxygen atoms in total. The van der Waals surface area contributed by atoms with Gasteiger partial charge < -0.3 is 0 Å². The van der Waals surface area contributed by atoms with Crippen LogP contribution in [0.4, 0.5) is 0 Å². The van der Waals surface area contributed by atoms with Gasteiger partial charge in [-0.1, -0.05) is 140 Å². The Hall–Kier alpha value is -5.76. The Morgan fingerprint density at radius 2 is 0.811 bits per heavy atom. The van der Waals surface area contributed by atoms with Crippen LogP contribution in [0, 0.1) is 0 Å². The fourth-order valence-corrected chi connectivity index (χ4v) is 7.55. The fraction of sp³-hybridized carbons (Fsp3) is 0.289. The lowest BCUT2D eigenvalue weighted by atomic mass is 9.70. The first-order valence-electron chi connectivity index (χ1n) is 18.7. The zero-order valence-electron chi connectivity index (χ0n) is 32.0. The van der Waals surface area contributed by atoms with E-state index in [-0.39, 0.29) is 16.2 Å². The molecule has 0 aliphatic carbocycles. The fourth-order valence-electron chi connectivity index (χ4n) is 7.55. The summed E-state index contributed by atoms with van der Waals surface area (Å²) in [6, 6.07) is 43.2. The Balaban J connectivity index is 1.20. The van der Waals surface area contributed by atoms with Crippen LogP contribution in [-0.2, 0) is 16.2 Å². The molecule has 0 aliphatic rings. The van der Waals surface area contributed by atoms with E-state index in [9.17, 15) is 0 Å². The van der Waals surface area contributed by atoms with Crippen LogP contribution in [0.1, 0.15) is 90.7 Å². The monoisotopic (exact) mass is 700 g/mol. The second-order valence-electron chi connectivity index (χ2n) is 16.2. The van der Waals surface area contributed by atoms with Crippen molar-refractivity contribution < 1.29 is 0 Å². The van der Waals surface area contributed by atoms with Crippen molar-refractivity contribution in [1.82, 2.24) is 38.8 Å². The topological polar surface area (TPSA) is 70.2 Å². The summed E-state index contributed by atoms with van der Waals surface area (Å²) in [6.45, 7) is 17.7. The number of nitrogens with zero attached hydrogens (tertiary/aromatic N) is 8. The molecule has 0 amide bonds. The van der Waals surface area contributed by atoms with Gasteiger partial charge in [0.15, 0.2) is 22.9 Å². The van der Waals surface area contributed by atoms with E-state index in [1.807, 2.05) is 12.1 Å². The van der Waals surface area contributed by atoms with E-state index in [1.165, 1.54) is 11.1 Å². The predicted molar refractivity (Wildman–Crippen MR) is 214 cm³/mol. The summed E-state index contributed by atoms with van der Waals surface area (Å²) in [7, 11) is 0. The molecule has 0 atom stereocenters. The highest BCUT2D eigenvalue weighted by Crippen LogP contribution is 2.40. The summed E-state index contributed by atoms with van der Waals surface area (Å²) in [4.78, 5) is 0. The largest absolute Gasteiger partial charge is 0.275 e. The third-order valence-corrected chi connectivity index (χ3v) is 10.8. The first kappa shape index (κ1) is 34.3. The molecule has 8 aromatic rings. The van der Waals surface area contributed by atoms with Gasteiger partial charge in [0.1, 0.15) is 0 Å². The van der Waals surface area contributed by atoms with Crippen LogP contribution < -0.4 is 0 Å². The van der Waals surface area contributed by atoms with Crippen molar-refractivity contribution in [1.29, 1.82) is 0 Å². The van der Waals surface area contributed by atoms with E-state index in [1.54, 1.807) is 9.26 Å². The van der Waals surface area contributed by atoms with Crippen molar-refractivity contribution in [3.05, 3.63) is 144 Å². The maximum Gasteiger partial charge on any atom is 0.168 e. The van der Waals surface area contributed by atoms with Gasteiger partial charge in [-0.2, -0.15) is 10.2 Å². The number of benzene rings is 4. The highest BCUT2D eigenvalue weighted by atomic mass is 15.5. The smallest absolute Gasteiger partial charge is 0.168 e. The van der Waals surface area contributed by atoms with E-state index in [0.717, 1.165) is 69.7 Å². The van der Waals surface area contributed by atoms with E-state index in [0.29, 0.717) is 0 Å². The van der Waals surface area contributed by atoms with Crippen LogP contribution in [-0.4, -0.2) is 38.8 Å². The van der Waals surface area contributed by atoms with Crippen molar-refractivity contribution >= 4 is 11.3 Å². The van der Waals surface area contributed by atoms with Gasteiger partial charge in [-0.15, -0.1) is 19.5 Å². The van der Waals surface area contributed by atoms with Crippen LogP contribution >= 0.6 is 0 Å². The van der Waals surface area contributed by atoms with Gasteiger partial charge in [0.25, 0.3) is 0 Å². The number of fused-ring (bicyclic) bond motifs is 2. The predicted octanol–water partition coefficient (Wildman–Crippen LogP) is 10.4. The normalized spacial score (nSPS) is 12.7. The summed E-state index contributed by atoms with van der Waals surface area (Å²) >= 11 is 0. The second kappa shape index (κ2) is 12.7. The molecule has 4 aromatic heterocycles. The van der Waals surface area contributed by atoms with E-state index in [4.69, 9.17) is 20.4 Å². The highest BCUT2D eigenvalue weighted by molar-refractivity contribution is 5.67. The molecular weight excluding hydrogens is 653 g/mol. The van der Waals surface area contributed by atoms with Crippen LogP contribution in [0.3, 0.4) is 0 Å². The number of rotatable bonds is 8. The molecule has 4 aromatic carbocycles. The minimum absolute atomic E-state index is 0.0893. The zero-order valence-corrected chi connectivity index (χ0v) is 32.0. The maximum atomic E-state index is 4.99. The summed E-state index contributed by atoms with van der Waals surface area (Å²) in [5, 5.41) is 19.8. The molecule has 0 aliphatic heterocycles. The molecule has 8 heteroatoms. The molecule has 53 heavy (non-hydrogen) atoms. The molecule has 0 spiro atoms. The molecule has 0 fully saturated rings. The van der Waals surface area contributed by atoms with Gasteiger partial charge in [0.05, 0.1) is 11.4 Å².